The first-order valence-corrected chi connectivity index (χ1v) is 5.96. The van der Waals surface area contributed by atoms with Crippen LogP contribution in [0.25, 0.3) is 0 Å². The maximum absolute atomic E-state index is 5.43. The van der Waals surface area contributed by atoms with Crippen LogP contribution < -0.4 is 5.32 Å². The first-order chi connectivity index (χ1) is 7.85. The highest BCUT2D eigenvalue weighted by atomic mass is 16.5. The number of aryl methyl sites for hydroxylation is 1. The largest absolute Gasteiger partial charge is 0.381 e. The van der Waals surface area contributed by atoms with Crippen molar-refractivity contribution in [2.24, 2.45) is 5.92 Å². The van der Waals surface area contributed by atoms with Gasteiger partial charge in [0.25, 0.3) is 0 Å². The van der Waals surface area contributed by atoms with Gasteiger partial charge in [-0.2, -0.15) is 5.10 Å². The topological polar surface area (TPSA) is 52.0 Å². The highest BCUT2D eigenvalue weighted by Crippen LogP contribution is 2.19. The molecule has 2 heterocycles. The van der Waals surface area contributed by atoms with Gasteiger partial charge in [0.1, 0.15) is 12.2 Å². The van der Waals surface area contributed by atoms with Crippen molar-refractivity contribution in [3.8, 4) is 0 Å². The Morgan fingerprint density at radius 2 is 2.56 bits per heavy atom. The number of hydrogen-bond acceptors (Lipinski definition) is 4. The molecule has 0 spiro atoms. The highest BCUT2D eigenvalue weighted by Gasteiger charge is 2.25. The molecule has 1 aliphatic rings. The van der Waals surface area contributed by atoms with E-state index in [1.54, 1.807) is 6.33 Å². The Labute approximate surface area is 96.2 Å². The number of likely N-dealkylation sites (N-methyl/N-ethyl adjacent to an activating group) is 1. The van der Waals surface area contributed by atoms with Gasteiger partial charge in [0.05, 0.1) is 6.61 Å². The lowest BCUT2D eigenvalue weighted by atomic mass is 9.96. The van der Waals surface area contributed by atoms with Gasteiger partial charge < -0.3 is 10.1 Å². The smallest absolute Gasteiger partial charge is 0.138 e. The van der Waals surface area contributed by atoms with Crippen molar-refractivity contribution < 1.29 is 4.74 Å². The van der Waals surface area contributed by atoms with Crippen LogP contribution in [0.3, 0.4) is 0 Å². The normalized spacial score (nSPS) is 22.5. The lowest BCUT2D eigenvalue weighted by molar-refractivity contribution is 0.177. The van der Waals surface area contributed by atoms with Crippen molar-refractivity contribution in [1.82, 2.24) is 20.1 Å². The molecule has 0 bridgehead atoms. The minimum absolute atomic E-state index is 0.442. The first-order valence-electron chi connectivity index (χ1n) is 5.96. The standard InChI is InChI=1S/C11H20N4O/c1-3-15-11(13-8-14-15)6-10(12-2)9-4-5-16-7-9/h8-10,12H,3-7H2,1-2H3. The number of aromatic nitrogens is 3. The quantitative estimate of drug-likeness (QED) is 0.789. The Balaban J connectivity index is 2.00. The molecule has 5 nitrogen and oxygen atoms in total. The lowest BCUT2D eigenvalue weighted by Gasteiger charge is -2.21. The fourth-order valence-electron chi connectivity index (χ4n) is 2.28. The summed E-state index contributed by atoms with van der Waals surface area (Å²) in [6, 6.07) is 0.442. The average molecular weight is 224 g/mol. The zero-order valence-corrected chi connectivity index (χ0v) is 10.0. The third kappa shape index (κ3) is 2.41. The van der Waals surface area contributed by atoms with E-state index in [-0.39, 0.29) is 0 Å². The Kier molecular flexibility index (Phi) is 3.90. The number of hydrogen-bond donors (Lipinski definition) is 1. The van der Waals surface area contributed by atoms with E-state index in [9.17, 15) is 0 Å². The molecule has 1 saturated heterocycles. The van der Waals surface area contributed by atoms with Crippen molar-refractivity contribution in [3.05, 3.63) is 12.2 Å². The monoisotopic (exact) mass is 224 g/mol. The zero-order chi connectivity index (χ0) is 11.4. The fourth-order valence-corrected chi connectivity index (χ4v) is 2.28. The summed E-state index contributed by atoms with van der Waals surface area (Å²) in [5.74, 6) is 1.67. The molecule has 16 heavy (non-hydrogen) atoms. The van der Waals surface area contributed by atoms with Crippen LogP contribution in [0.15, 0.2) is 6.33 Å². The minimum Gasteiger partial charge on any atom is -0.381 e. The fraction of sp³-hybridized carbons (Fsp3) is 0.818. The predicted octanol–water partition coefficient (Wildman–Crippen LogP) is 0.465. The molecule has 0 saturated carbocycles. The zero-order valence-electron chi connectivity index (χ0n) is 10.0. The molecule has 2 atom stereocenters. The van der Waals surface area contributed by atoms with Crippen LogP contribution in [-0.4, -0.2) is 41.1 Å². The maximum Gasteiger partial charge on any atom is 0.138 e. The van der Waals surface area contributed by atoms with Crippen LogP contribution in [-0.2, 0) is 17.7 Å². The van der Waals surface area contributed by atoms with Gasteiger partial charge in [-0.1, -0.05) is 0 Å². The van der Waals surface area contributed by atoms with E-state index in [2.05, 4.69) is 22.3 Å². The molecule has 2 unspecified atom stereocenters. The summed E-state index contributed by atoms with van der Waals surface area (Å²) in [6.45, 7) is 4.73. The molecule has 1 aliphatic heterocycles. The van der Waals surface area contributed by atoms with Crippen LogP contribution >= 0.6 is 0 Å². The second kappa shape index (κ2) is 5.41. The molecule has 1 aromatic heterocycles. The van der Waals surface area contributed by atoms with Crippen molar-refractivity contribution in [2.75, 3.05) is 20.3 Å². The van der Waals surface area contributed by atoms with Gasteiger partial charge in [-0.3, -0.25) is 4.68 Å². The summed E-state index contributed by atoms with van der Waals surface area (Å²) in [6.07, 6.45) is 3.71. The predicted molar refractivity (Wildman–Crippen MR) is 61.2 cm³/mol. The van der Waals surface area contributed by atoms with E-state index in [0.29, 0.717) is 12.0 Å². The molecule has 0 aliphatic carbocycles. The van der Waals surface area contributed by atoms with E-state index in [1.165, 1.54) is 0 Å². The number of ether oxygens (including phenoxy) is 1. The van der Waals surface area contributed by atoms with E-state index >= 15 is 0 Å². The SMILES string of the molecule is CCn1ncnc1CC(NC)C1CCOC1. The molecule has 1 aromatic rings. The maximum atomic E-state index is 5.43. The molecular formula is C11H20N4O. The molecule has 2 rings (SSSR count). The lowest BCUT2D eigenvalue weighted by Crippen LogP contribution is -2.36. The molecule has 0 radical (unpaired) electrons. The molecule has 1 N–H and O–H groups in total. The third-order valence-corrected chi connectivity index (χ3v) is 3.30. The number of nitrogens with zero attached hydrogens (tertiary/aromatic N) is 3. The summed E-state index contributed by atoms with van der Waals surface area (Å²) in [5, 5.41) is 7.57. The van der Waals surface area contributed by atoms with E-state index < -0.39 is 0 Å². The number of nitrogens with one attached hydrogen (secondary N) is 1. The van der Waals surface area contributed by atoms with Crippen molar-refractivity contribution in [1.29, 1.82) is 0 Å². The van der Waals surface area contributed by atoms with Crippen LogP contribution in [0.2, 0.25) is 0 Å². The minimum atomic E-state index is 0.442. The van der Waals surface area contributed by atoms with Crippen molar-refractivity contribution in [2.45, 2.75) is 32.4 Å². The first kappa shape index (κ1) is 11.5. The van der Waals surface area contributed by atoms with Gasteiger partial charge >= 0.3 is 0 Å². The van der Waals surface area contributed by atoms with Crippen LogP contribution in [0.5, 0.6) is 0 Å². The molecule has 90 valence electrons. The number of rotatable bonds is 5. The molecule has 1 fully saturated rings. The summed E-state index contributed by atoms with van der Waals surface area (Å²) >= 11 is 0. The van der Waals surface area contributed by atoms with E-state index in [1.807, 2.05) is 11.7 Å². The van der Waals surface area contributed by atoms with Gasteiger partial charge in [0.2, 0.25) is 0 Å². The Hall–Kier alpha value is -0.940. The molecule has 5 heteroatoms. The summed E-state index contributed by atoms with van der Waals surface area (Å²) in [4.78, 5) is 4.32. The van der Waals surface area contributed by atoms with Gasteiger partial charge in [0.15, 0.2) is 0 Å². The van der Waals surface area contributed by atoms with Crippen LogP contribution in [0, 0.1) is 5.92 Å². The Morgan fingerprint density at radius 1 is 1.69 bits per heavy atom. The van der Waals surface area contributed by atoms with E-state index in [4.69, 9.17) is 4.74 Å². The van der Waals surface area contributed by atoms with Crippen LogP contribution in [0.4, 0.5) is 0 Å². The molecule has 0 aromatic carbocycles. The summed E-state index contributed by atoms with van der Waals surface area (Å²) in [5.41, 5.74) is 0. The second-order valence-electron chi connectivity index (χ2n) is 4.21. The van der Waals surface area contributed by atoms with Gasteiger partial charge in [-0.05, 0) is 20.4 Å². The van der Waals surface area contributed by atoms with Gasteiger partial charge in [-0.15, -0.1) is 0 Å². The van der Waals surface area contributed by atoms with Crippen molar-refractivity contribution >= 4 is 0 Å². The summed E-state index contributed by atoms with van der Waals surface area (Å²) < 4.78 is 7.39. The Bertz CT molecular complexity index is 320. The Morgan fingerprint density at radius 3 is 3.19 bits per heavy atom. The highest BCUT2D eigenvalue weighted by molar-refractivity contribution is 4.92. The average Bonchev–Trinajstić information content (AvgIpc) is 2.96. The molecule has 0 amide bonds. The summed E-state index contributed by atoms with van der Waals surface area (Å²) in [7, 11) is 2.01. The van der Waals surface area contributed by atoms with E-state index in [0.717, 1.165) is 38.4 Å². The molecular weight excluding hydrogens is 204 g/mol. The van der Waals surface area contributed by atoms with Gasteiger partial charge in [0, 0.05) is 31.5 Å². The third-order valence-electron chi connectivity index (χ3n) is 3.30. The van der Waals surface area contributed by atoms with Crippen LogP contribution in [0.1, 0.15) is 19.2 Å². The second-order valence-corrected chi connectivity index (χ2v) is 4.21. The van der Waals surface area contributed by atoms with Gasteiger partial charge in [-0.25, -0.2) is 4.98 Å². The van der Waals surface area contributed by atoms with Crippen molar-refractivity contribution in [3.63, 3.8) is 0 Å².